The molecule has 0 bridgehead atoms. The minimum Gasteiger partial charge on any atom is -0.307 e. The first-order valence-electron chi connectivity index (χ1n) is 8.34. The number of rotatable bonds is 4. The van der Waals surface area contributed by atoms with Crippen molar-refractivity contribution >= 4 is 0 Å². The molecular formula is C18H28N2. The Balaban J connectivity index is 1.79. The molecule has 1 aliphatic carbocycles. The van der Waals surface area contributed by atoms with Gasteiger partial charge in [0.25, 0.3) is 0 Å². The first-order valence-corrected chi connectivity index (χ1v) is 8.34. The Bertz CT molecular complexity index is 419. The van der Waals surface area contributed by atoms with Crippen LogP contribution in [0.3, 0.4) is 0 Å². The molecule has 20 heavy (non-hydrogen) atoms. The lowest BCUT2D eigenvalue weighted by Crippen LogP contribution is -2.64. The van der Waals surface area contributed by atoms with Crippen LogP contribution in [-0.4, -0.2) is 29.6 Å². The standard InChI is InChI=1S/C18H28N2/c1-3-16-13-19-17(15-9-6-5-7-10-15)14-20(16)18(4-2)11-8-12-18/h5-7,9-10,16-17,19H,3-4,8,11-14H2,1-2H3. The fourth-order valence-corrected chi connectivity index (χ4v) is 4.08. The Hall–Kier alpha value is -0.860. The monoisotopic (exact) mass is 272 g/mol. The molecule has 0 amide bonds. The molecule has 1 aliphatic heterocycles. The van der Waals surface area contributed by atoms with Gasteiger partial charge in [-0.1, -0.05) is 44.2 Å². The highest BCUT2D eigenvalue weighted by Crippen LogP contribution is 2.43. The van der Waals surface area contributed by atoms with Gasteiger partial charge in [0.2, 0.25) is 0 Å². The number of nitrogens with zero attached hydrogens (tertiary/aromatic N) is 1. The molecule has 0 aromatic heterocycles. The van der Waals surface area contributed by atoms with Gasteiger partial charge in [-0.05, 0) is 37.7 Å². The number of nitrogens with one attached hydrogen (secondary N) is 1. The van der Waals surface area contributed by atoms with Gasteiger partial charge in [0.05, 0.1) is 0 Å². The van der Waals surface area contributed by atoms with E-state index in [-0.39, 0.29) is 0 Å². The third kappa shape index (κ3) is 2.40. The molecule has 0 spiro atoms. The average Bonchev–Trinajstić information content (AvgIpc) is 2.47. The van der Waals surface area contributed by atoms with E-state index < -0.39 is 0 Å². The van der Waals surface area contributed by atoms with Gasteiger partial charge in [-0.15, -0.1) is 0 Å². The van der Waals surface area contributed by atoms with Crippen molar-refractivity contribution in [1.29, 1.82) is 0 Å². The zero-order valence-corrected chi connectivity index (χ0v) is 12.9. The second kappa shape index (κ2) is 5.87. The molecule has 110 valence electrons. The molecule has 1 aromatic rings. The summed E-state index contributed by atoms with van der Waals surface area (Å²) in [5, 5.41) is 3.77. The lowest BCUT2D eigenvalue weighted by atomic mass is 9.72. The molecule has 1 heterocycles. The van der Waals surface area contributed by atoms with Crippen LogP contribution in [0.4, 0.5) is 0 Å². The average molecular weight is 272 g/mol. The van der Waals surface area contributed by atoms with Crippen LogP contribution < -0.4 is 5.32 Å². The smallest absolute Gasteiger partial charge is 0.0450 e. The van der Waals surface area contributed by atoms with Gasteiger partial charge in [-0.2, -0.15) is 0 Å². The zero-order chi connectivity index (χ0) is 14.0. The third-order valence-electron chi connectivity index (χ3n) is 5.64. The Morgan fingerprint density at radius 2 is 1.95 bits per heavy atom. The van der Waals surface area contributed by atoms with Crippen LogP contribution in [0.25, 0.3) is 0 Å². The van der Waals surface area contributed by atoms with E-state index in [1.54, 1.807) is 0 Å². The summed E-state index contributed by atoms with van der Waals surface area (Å²) in [4.78, 5) is 2.85. The summed E-state index contributed by atoms with van der Waals surface area (Å²) >= 11 is 0. The highest BCUT2D eigenvalue weighted by Gasteiger charge is 2.45. The normalized spacial score (nSPS) is 29.9. The van der Waals surface area contributed by atoms with E-state index in [2.05, 4.69) is 54.4 Å². The summed E-state index contributed by atoms with van der Waals surface area (Å²) in [7, 11) is 0. The van der Waals surface area contributed by atoms with Crippen LogP contribution in [-0.2, 0) is 0 Å². The minimum atomic E-state index is 0.503. The Labute approximate surface area is 123 Å². The van der Waals surface area contributed by atoms with E-state index in [0.717, 1.165) is 12.6 Å². The maximum absolute atomic E-state index is 3.77. The summed E-state index contributed by atoms with van der Waals surface area (Å²) in [6.45, 7) is 7.03. The van der Waals surface area contributed by atoms with E-state index in [4.69, 9.17) is 0 Å². The number of hydrogen-bond acceptors (Lipinski definition) is 2. The SMILES string of the molecule is CCC1CNC(c2ccccc2)CN1C1(CC)CCC1. The highest BCUT2D eigenvalue weighted by atomic mass is 15.3. The fraction of sp³-hybridized carbons (Fsp3) is 0.667. The van der Waals surface area contributed by atoms with Crippen molar-refractivity contribution < 1.29 is 0 Å². The molecular weight excluding hydrogens is 244 g/mol. The molecule has 1 saturated heterocycles. The number of benzene rings is 1. The van der Waals surface area contributed by atoms with Gasteiger partial charge in [0.1, 0.15) is 0 Å². The van der Waals surface area contributed by atoms with E-state index in [0.29, 0.717) is 11.6 Å². The minimum absolute atomic E-state index is 0.503. The first kappa shape index (κ1) is 14.1. The van der Waals surface area contributed by atoms with Gasteiger partial charge >= 0.3 is 0 Å². The zero-order valence-electron chi connectivity index (χ0n) is 12.9. The molecule has 2 fully saturated rings. The Kier molecular flexibility index (Phi) is 4.13. The van der Waals surface area contributed by atoms with Crippen LogP contribution >= 0.6 is 0 Å². The predicted molar refractivity (Wildman–Crippen MR) is 84.8 cm³/mol. The molecule has 3 rings (SSSR count). The molecule has 1 saturated carbocycles. The lowest BCUT2D eigenvalue weighted by molar-refractivity contribution is -0.0447. The van der Waals surface area contributed by atoms with Crippen molar-refractivity contribution in [2.75, 3.05) is 13.1 Å². The maximum Gasteiger partial charge on any atom is 0.0450 e. The van der Waals surface area contributed by atoms with E-state index in [1.807, 2.05) is 0 Å². The van der Waals surface area contributed by atoms with Crippen molar-refractivity contribution in [1.82, 2.24) is 10.2 Å². The summed E-state index contributed by atoms with van der Waals surface area (Å²) in [5.41, 5.74) is 1.95. The summed E-state index contributed by atoms with van der Waals surface area (Å²) < 4.78 is 0. The third-order valence-corrected chi connectivity index (χ3v) is 5.64. The van der Waals surface area contributed by atoms with Crippen LogP contribution in [0, 0.1) is 0 Å². The molecule has 2 nitrogen and oxygen atoms in total. The lowest BCUT2D eigenvalue weighted by Gasteiger charge is -2.56. The van der Waals surface area contributed by atoms with Gasteiger partial charge in [-0.3, -0.25) is 4.90 Å². The van der Waals surface area contributed by atoms with E-state index in [9.17, 15) is 0 Å². The second-order valence-electron chi connectivity index (χ2n) is 6.52. The summed E-state index contributed by atoms with van der Waals surface area (Å²) in [6.07, 6.45) is 6.80. The van der Waals surface area contributed by atoms with E-state index in [1.165, 1.54) is 44.2 Å². The van der Waals surface area contributed by atoms with Gasteiger partial charge < -0.3 is 5.32 Å². The number of piperazine rings is 1. The molecule has 0 radical (unpaired) electrons. The van der Waals surface area contributed by atoms with E-state index >= 15 is 0 Å². The largest absolute Gasteiger partial charge is 0.307 e. The van der Waals surface area contributed by atoms with Crippen LogP contribution in [0.5, 0.6) is 0 Å². The van der Waals surface area contributed by atoms with Gasteiger partial charge in [0.15, 0.2) is 0 Å². The van der Waals surface area contributed by atoms with Gasteiger partial charge in [0, 0.05) is 30.7 Å². The van der Waals surface area contributed by atoms with Crippen molar-refractivity contribution in [3.63, 3.8) is 0 Å². The molecule has 1 aromatic carbocycles. The van der Waals surface area contributed by atoms with Crippen molar-refractivity contribution in [2.45, 2.75) is 63.6 Å². The predicted octanol–water partition coefficient (Wildman–Crippen LogP) is 3.74. The molecule has 2 aliphatic rings. The molecule has 2 heteroatoms. The first-order chi connectivity index (χ1) is 9.79. The fourth-order valence-electron chi connectivity index (χ4n) is 4.08. The summed E-state index contributed by atoms with van der Waals surface area (Å²) in [6, 6.07) is 12.2. The quantitative estimate of drug-likeness (QED) is 0.898. The van der Waals surface area contributed by atoms with Crippen molar-refractivity contribution in [2.24, 2.45) is 0 Å². The molecule has 2 atom stereocenters. The van der Waals surface area contributed by atoms with Crippen molar-refractivity contribution in [3.8, 4) is 0 Å². The summed E-state index contributed by atoms with van der Waals surface area (Å²) in [5.74, 6) is 0. The van der Waals surface area contributed by atoms with Crippen LogP contribution in [0.2, 0.25) is 0 Å². The molecule has 1 N–H and O–H groups in total. The van der Waals surface area contributed by atoms with Gasteiger partial charge in [-0.25, -0.2) is 0 Å². The Morgan fingerprint density at radius 3 is 2.50 bits per heavy atom. The Morgan fingerprint density at radius 1 is 1.20 bits per heavy atom. The topological polar surface area (TPSA) is 15.3 Å². The maximum atomic E-state index is 3.77. The van der Waals surface area contributed by atoms with Crippen LogP contribution in [0.1, 0.15) is 57.6 Å². The second-order valence-corrected chi connectivity index (χ2v) is 6.52. The number of hydrogen-bond donors (Lipinski definition) is 1. The van der Waals surface area contributed by atoms with Crippen LogP contribution in [0.15, 0.2) is 30.3 Å². The molecule has 2 unspecified atom stereocenters. The van der Waals surface area contributed by atoms with Crippen molar-refractivity contribution in [3.05, 3.63) is 35.9 Å². The highest BCUT2D eigenvalue weighted by molar-refractivity contribution is 5.21.